The minimum Gasteiger partial charge on any atom is -0.301 e. The number of hydrogen-bond donors (Lipinski definition) is 2. The maximum absolute atomic E-state index is 12.3. The molecule has 1 aliphatic heterocycles. The van der Waals surface area contributed by atoms with Crippen LogP contribution in [-0.4, -0.2) is 31.3 Å². The normalized spacial score (nSPS) is 14.7. The highest BCUT2D eigenvalue weighted by Gasteiger charge is 2.21. The van der Waals surface area contributed by atoms with Gasteiger partial charge in [0, 0.05) is 23.0 Å². The molecule has 0 aliphatic carbocycles. The highest BCUT2D eigenvalue weighted by Crippen LogP contribution is 2.28. The molecular weight excluding hydrogens is 366 g/mol. The molecule has 10 heteroatoms. The fraction of sp³-hybridized carbons (Fsp3) is 0.500. The molecule has 1 amide bonds. The van der Waals surface area contributed by atoms with Gasteiger partial charge in [-0.25, -0.2) is 4.98 Å². The zero-order valence-corrected chi connectivity index (χ0v) is 15.9. The van der Waals surface area contributed by atoms with E-state index >= 15 is 0 Å². The van der Waals surface area contributed by atoms with Crippen LogP contribution in [-0.2, 0) is 16.3 Å². The first-order valence-corrected chi connectivity index (χ1v) is 10.3. The number of rotatable bonds is 5. The van der Waals surface area contributed by atoms with Gasteiger partial charge in [-0.05, 0) is 6.92 Å². The summed E-state index contributed by atoms with van der Waals surface area (Å²) in [4.78, 5) is 31.5. The SMILES string of the molecule is CC(Sc1nc2c(c(=O)[nH]1)CSC2)C(=O)Nc1nnc(C(C)C)s1. The molecule has 1 atom stereocenters. The van der Waals surface area contributed by atoms with Gasteiger partial charge in [0.2, 0.25) is 11.0 Å². The molecule has 24 heavy (non-hydrogen) atoms. The first-order chi connectivity index (χ1) is 11.4. The Balaban J connectivity index is 1.66. The number of aromatic nitrogens is 4. The van der Waals surface area contributed by atoms with Crippen LogP contribution in [0.2, 0.25) is 0 Å². The topological polar surface area (TPSA) is 101 Å². The second-order valence-corrected chi connectivity index (χ2v) is 8.96. The molecule has 0 bridgehead atoms. The predicted octanol–water partition coefficient (Wildman–Crippen LogP) is 2.61. The highest BCUT2D eigenvalue weighted by atomic mass is 32.2. The average Bonchev–Trinajstić information content (AvgIpc) is 3.16. The Kier molecular flexibility index (Phi) is 5.26. The first kappa shape index (κ1) is 17.4. The van der Waals surface area contributed by atoms with E-state index in [1.54, 1.807) is 18.7 Å². The number of amides is 1. The van der Waals surface area contributed by atoms with Gasteiger partial charge < -0.3 is 4.98 Å². The van der Waals surface area contributed by atoms with Crippen molar-refractivity contribution in [2.45, 2.75) is 48.6 Å². The third-order valence-corrected chi connectivity index (χ3v) is 6.48. The number of carbonyl (C=O) groups excluding carboxylic acids is 1. The summed E-state index contributed by atoms with van der Waals surface area (Å²) < 4.78 is 0. The monoisotopic (exact) mass is 383 g/mol. The number of nitrogens with zero attached hydrogens (tertiary/aromatic N) is 3. The van der Waals surface area contributed by atoms with Crippen LogP contribution in [0.1, 0.15) is 43.0 Å². The third-order valence-electron chi connectivity index (χ3n) is 3.39. The molecule has 0 radical (unpaired) electrons. The minimum absolute atomic E-state index is 0.106. The third kappa shape index (κ3) is 3.81. The van der Waals surface area contributed by atoms with Crippen molar-refractivity contribution >= 4 is 45.9 Å². The quantitative estimate of drug-likeness (QED) is 0.604. The molecule has 128 valence electrons. The van der Waals surface area contributed by atoms with Crippen molar-refractivity contribution in [3.63, 3.8) is 0 Å². The van der Waals surface area contributed by atoms with Gasteiger partial charge in [0.15, 0.2) is 5.16 Å². The molecule has 1 unspecified atom stereocenters. The van der Waals surface area contributed by atoms with E-state index in [1.165, 1.54) is 23.1 Å². The zero-order valence-electron chi connectivity index (χ0n) is 13.5. The van der Waals surface area contributed by atoms with Crippen LogP contribution in [0, 0.1) is 0 Å². The van der Waals surface area contributed by atoms with Crippen molar-refractivity contribution in [1.82, 2.24) is 20.2 Å². The van der Waals surface area contributed by atoms with Crippen molar-refractivity contribution in [2.24, 2.45) is 0 Å². The lowest BCUT2D eigenvalue weighted by Gasteiger charge is -2.10. The van der Waals surface area contributed by atoms with Crippen LogP contribution in [0.3, 0.4) is 0 Å². The summed E-state index contributed by atoms with van der Waals surface area (Å²) in [5.74, 6) is 1.53. The van der Waals surface area contributed by atoms with Crippen molar-refractivity contribution in [3.8, 4) is 0 Å². The molecule has 3 heterocycles. The van der Waals surface area contributed by atoms with Crippen LogP contribution in [0.4, 0.5) is 5.13 Å². The number of carbonyl (C=O) groups is 1. The predicted molar refractivity (Wildman–Crippen MR) is 97.8 cm³/mol. The van der Waals surface area contributed by atoms with Crippen LogP contribution in [0.25, 0.3) is 0 Å². The number of fused-ring (bicyclic) bond motifs is 1. The molecule has 0 saturated heterocycles. The van der Waals surface area contributed by atoms with E-state index in [2.05, 4.69) is 25.5 Å². The Morgan fingerprint density at radius 1 is 1.29 bits per heavy atom. The van der Waals surface area contributed by atoms with E-state index in [4.69, 9.17) is 0 Å². The van der Waals surface area contributed by atoms with Gasteiger partial charge in [-0.1, -0.05) is 36.9 Å². The van der Waals surface area contributed by atoms with Gasteiger partial charge in [0.1, 0.15) is 5.01 Å². The molecule has 2 aromatic heterocycles. The molecule has 0 spiro atoms. The van der Waals surface area contributed by atoms with E-state index in [9.17, 15) is 9.59 Å². The van der Waals surface area contributed by atoms with Gasteiger partial charge in [0.25, 0.3) is 5.56 Å². The number of aromatic amines is 1. The van der Waals surface area contributed by atoms with Crippen LogP contribution >= 0.6 is 34.9 Å². The molecule has 0 fully saturated rings. The summed E-state index contributed by atoms with van der Waals surface area (Å²) >= 11 is 4.28. The van der Waals surface area contributed by atoms with Crippen molar-refractivity contribution < 1.29 is 4.79 Å². The van der Waals surface area contributed by atoms with Gasteiger partial charge in [-0.2, -0.15) is 11.8 Å². The Labute approximate surface area is 151 Å². The lowest BCUT2D eigenvalue weighted by atomic mass is 10.2. The lowest BCUT2D eigenvalue weighted by molar-refractivity contribution is -0.115. The van der Waals surface area contributed by atoms with Gasteiger partial charge >= 0.3 is 0 Å². The second kappa shape index (κ2) is 7.24. The number of anilines is 1. The van der Waals surface area contributed by atoms with Crippen molar-refractivity contribution in [1.29, 1.82) is 0 Å². The molecule has 3 rings (SSSR count). The number of nitrogens with one attached hydrogen (secondary N) is 2. The Bertz CT molecular complexity index is 817. The maximum Gasteiger partial charge on any atom is 0.255 e. The largest absolute Gasteiger partial charge is 0.301 e. The molecule has 7 nitrogen and oxygen atoms in total. The first-order valence-electron chi connectivity index (χ1n) is 7.44. The second-order valence-electron chi connectivity index (χ2n) is 5.64. The number of H-pyrrole nitrogens is 1. The van der Waals surface area contributed by atoms with Crippen molar-refractivity contribution in [2.75, 3.05) is 5.32 Å². The summed E-state index contributed by atoms with van der Waals surface area (Å²) in [5.41, 5.74) is 1.46. The summed E-state index contributed by atoms with van der Waals surface area (Å²) in [7, 11) is 0. The summed E-state index contributed by atoms with van der Waals surface area (Å²) in [6, 6.07) is 0. The van der Waals surface area contributed by atoms with Gasteiger partial charge in [-0.3, -0.25) is 14.9 Å². The summed E-state index contributed by atoms with van der Waals surface area (Å²) in [6.07, 6.45) is 0. The molecule has 0 aromatic carbocycles. The zero-order chi connectivity index (χ0) is 17.3. The molecule has 1 aliphatic rings. The Hall–Kier alpha value is -1.39. The van der Waals surface area contributed by atoms with Crippen molar-refractivity contribution in [3.05, 3.63) is 26.6 Å². The van der Waals surface area contributed by atoms with Gasteiger partial charge in [-0.15, -0.1) is 10.2 Å². The summed E-state index contributed by atoms with van der Waals surface area (Å²) in [5, 5.41) is 12.2. The Morgan fingerprint density at radius 3 is 2.79 bits per heavy atom. The van der Waals surface area contributed by atoms with E-state index in [1.807, 2.05) is 13.8 Å². The molecule has 2 aromatic rings. The van der Waals surface area contributed by atoms with Gasteiger partial charge in [0.05, 0.1) is 10.9 Å². The fourth-order valence-corrected chi connectivity index (χ4v) is 4.64. The Morgan fingerprint density at radius 2 is 2.08 bits per heavy atom. The van der Waals surface area contributed by atoms with E-state index in [0.717, 1.165) is 22.0 Å². The maximum atomic E-state index is 12.3. The average molecular weight is 384 g/mol. The fourth-order valence-electron chi connectivity index (χ4n) is 2.04. The number of hydrogen-bond acceptors (Lipinski definition) is 8. The lowest BCUT2D eigenvalue weighted by Crippen LogP contribution is -2.23. The van der Waals surface area contributed by atoms with Crippen LogP contribution < -0.4 is 10.9 Å². The molecular formula is C14H17N5O2S3. The standard InChI is InChI=1S/C14H17N5O2S3/c1-6(2)12-18-19-14(24-12)16-10(20)7(3)23-13-15-9-5-22-4-8(9)11(21)17-13/h6-7H,4-5H2,1-3H3,(H,15,17,21)(H,16,19,20). The number of thioether (sulfide) groups is 2. The minimum atomic E-state index is -0.411. The molecule has 0 saturated carbocycles. The van der Waals surface area contributed by atoms with E-state index in [-0.39, 0.29) is 17.4 Å². The van der Waals surface area contributed by atoms with Crippen LogP contribution in [0.5, 0.6) is 0 Å². The van der Waals surface area contributed by atoms with Crippen LogP contribution in [0.15, 0.2) is 9.95 Å². The smallest absolute Gasteiger partial charge is 0.255 e. The molecule has 2 N–H and O–H groups in total. The highest BCUT2D eigenvalue weighted by molar-refractivity contribution is 8.00. The van der Waals surface area contributed by atoms with E-state index in [0.29, 0.717) is 16.0 Å². The summed E-state index contributed by atoms with van der Waals surface area (Å²) in [6.45, 7) is 5.82. The van der Waals surface area contributed by atoms with E-state index < -0.39 is 5.25 Å².